The van der Waals surface area contributed by atoms with Gasteiger partial charge in [0.05, 0.1) is 11.1 Å². The molecule has 20 heavy (non-hydrogen) atoms. The molecule has 2 aromatic carbocycles. The van der Waals surface area contributed by atoms with Crippen LogP contribution in [0.15, 0.2) is 35.5 Å². The predicted octanol–water partition coefficient (Wildman–Crippen LogP) is 2.14. The molecule has 7 nitrogen and oxygen atoms in total. The Morgan fingerprint density at radius 2 is 1.55 bits per heavy atom. The molecule has 0 radical (unpaired) electrons. The Kier molecular flexibility index (Phi) is 3.26. The molecule has 7 heteroatoms. The Bertz CT molecular complexity index is 710. The lowest BCUT2D eigenvalue weighted by atomic mass is 10.00. The Morgan fingerprint density at radius 1 is 0.900 bits per heavy atom. The van der Waals surface area contributed by atoms with Gasteiger partial charge in [-0.1, -0.05) is 0 Å². The molecule has 0 fully saturated rings. The van der Waals surface area contributed by atoms with E-state index in [0.717, 1.165) is 24.3 Å². The van der Waals surface area contributed by atoms with Crippen molar-refractivity contribution in [3.63, 3.8) is 0 Å². The van der Waals surface area contributed by atoms with Crippen LogP contribution in [0, 0.1) is 4.91 Å². The maximum atomic E-state index is 12.2. The highest BCUT2D eigenvalue weighted by atomic mass is 16.3. The van der Waals surface area contributed by atoms with E-state index in [0.29, 0.717) is 0 Å². The molecule has 0 atom stereocenters. The Labute approximate surface area is 112 Å². The number of hydrogen-bond donors (Lipinski definition) is 4. The van der Waals surface area contributed by atoms with E-state index in [4.69, 9.17) is 0 Å². The van der Waals surface area contributed by atoms with Gasteiger partial charge in [0.25, 0.3) is 0 Å². The highest BCUT2D eigenvalue weighted by Gasteiger charge is 2.21. The summed E-state index contributed by atoms with van der Waals surface area (Å²) < 4.78 is 0. The number of carbonyl (C=O) groups excluding carboxylic acids is 1. The van der Waals surface area contributed by atoms with Gasteiger partial charge in [0.15, 0.2) is 17.3 Å². The van der Waals surface area contributed by atoms with Crippen molar-refractivity contribution in [1.82, 2.24) is 0 Å². The summed E-state index contributed by atoms with van der Waals surface area (Å²) >= 11 is 0. The molecule has 0 aliphatic heterocycles. The molecule has 0 spiro atoms. The molecule has 0 unspecified atom stereocenters. The number of phenols is 4. The van der Waals surface area contributed by atoms with Crippen LogP contribution in [-0.2, 0) is 0 Å². The van der Waals surface area contributed by atoms with Crippen LogP contribution in [0.3, 0.4) is 0 Å². The number of phenolic OH excluding ortho intramolecular Hbond substituents is 4. The largest absolute Gasteiger partial charge is 0.508 e. The second kappa shape index (κ2) is 4.88. The lowest BCUT2D eigenvalue weighted by molar-refractivity contribution is 0.103. The number of nitroso groups, excluding NO2 is 1. The Morgan fingerprint density at radius 3 is 2.20 bits per heavy atom. The van der Waals surface area contributed by atoms with Crippen molar-refractivity contribution in [3.8, 4) is 23.0 Å². The van der Waals surface area contributed by atoms with Gasteiger partial charge in [-0.3, -0.25) is 4.79 Å². The molecule has 2 rings (SSSR count). The summed E-state index contributed by atoms with van der Waals surface area (Å²) in [6.45, 7) is 0. The first kappa shape index (κ1) is 13.3. The Hall–Kier alpha value is -3.09. The van der Waals surface area contributed by atoms with E-state index in [1.54, 1.807) is 0 Å². The third-order valence-corrected chi connectivity index (χ3v) is 2.70. The van der Waals surface area contributed by atoms with Gasteiger partial charge in [-0.25, -0.2) is 0 Å². The molecule has 0 aliphatic carbocycles. The maximum Gasteiger partial charge on any atom is 0.201 e. The summed E-state index contributed by atoms with van der Waals surface area (Å²) in [4.78, 5) is 22.8. The fraction of sp³-hybridized carbons (Fsp3) is 0. The molecule has 0 saturated carbocycles. The molecule has 0 amide bonds. The smallest absolute Gasteiger partial charge is 0.201 e. The van der Waals surface area contributed by atoms with E-state index in [-0.39, 0.29) is 22.6 Å². The zero-order valence-electron chi connectivity index (χ0n) is 9.94. The maximum absolute atomic E-state index is 12.2. The van der Waals surface area contributed by atoms with Gasteiger partial charge in [-0.15, -0.1) is 4.91 Å². The van der Waals surface area contributed by atoms with Crippen LogP contribution in [0.2, 0.25) is 0 Å². The number of rotatable bonds is 3. The molecule has 4 N–H and O–H groups in total. The minimum absolute atomic E-state index is 0.154. The quantitative estimate of drug-likeness (QED) is 0.386. The van der Waals surface area contributed by atoms with Gasteiger partial charge in [-0.2, -0.15) is 0 Å². The van der Waals surface area contributed by atoms with Crippen molar-refractivity contribution in [3.05, 3.63) is 46.4 Å². The first-order valence-corrected chi connectivity index (χ1v) is 5.40. The first-order valence-electron chi connectivity index (χ1n) is 5.40. The monoisotopic (exact) mass is 275 g/mol. The average molecular weight is 275 g/mol. The van der Waals surface area contributed by atoms with Crippen molar-refractivity contribution >= 4 is 11.5 Å². The fourth-order valence-corrected chi connectivity index (χ4v) is 1.68. The van der Waals surface area contributed by atoms with E-state index in [9.17, 15) is 30.1 Å². The molecule has 0 bridgehead atoms. The van der Waals surface area contributed by atoms with Crippen LogP contribution in [0.4, 0.5) is 5.69 Å². The molecule has 0 heterocycles. The van der Waals surface area contributed by atoms with Gasteiger partial charge >= 0.3 is 0 Å². The summed E-state index contributed by atoms with van der Waals surface area (Å²) in [5.41, 5.74) is -0.768. The van der Waals surface area contributed by atoms with Crippen LogP contribution in [0.5, 0.6) is 23.0 Å². The normalized spacial score (nSPS) is 10.2. The third-order valence-electron chi connectivity index (χ3n) is 2.70. The topological polar surface area (TPSA) is 127 Å². The van der Waals surface area contributed by atoms with Gasteiger partial charge in [0.1, 0.15) is 11.4 Å². The summed E-state index contributed by atoms with van der Waals surface area (Å²) in [7, 11) is 0. The minimum atomic E-state index is -0.838. The zero-order chi connectivity index (χ0) is 14.9. The number of aromatic hydroxyl groups is 4. The van der Waals surface area contributed by atoms with Crippen molar-refractivity contribution in [2.24, 2.45) is 5.18 Å². The number of carbonyl (C=O) groups is 1. The number of hydrogen-bond acceptors (Lipinski definition) is 7. The lowest BCUT2D eigenvalue weighted by Gasteiger charge is -2.08. The highest BCUT2D eigenvalue weighted by molar-refractivity contribution is 6.14. The minimum Gasteiger partial charge on any atom is -0.508 e. The van der Waals surface area contributed by atoms with Crippen molar-refractivity contribution < 1.29 is 25.2 Å². The standard InChI is InChI=1S/C13H9NO6/c15-6-1-2-7(9(5-6)14-20)11(17)8-3-4-10(16)13(19)12(8)18/h1-5,15-16,18-19H. The van der Waals surface area contributed by atoms with Gasteiger partial charge in [0, 0.05) is 6.07 Å². The van der Waals surface area contributed by atoms with E-state index in [1.807, 2.05) is 0 Å². The lowest BCUT2D eigenvalue weighted by Crippen LogP contribution is -2.02. The van der Waals surface area contributed by atoms with Crippen LogP contribution in [0.25, 0.3) is 0 Å². The average Bonchev–Trinajstić information content (AvgIpc) is 2.44. The van der Waals surface area contributed by atoms with Crippen LogP contribution < -0.4 is 0 Å². The first-order chi connectivity index (χ1) is 9.45. The third kappa shape index (κ3) is 2.12. The molecule has 0 saturated heterocycles. The van der Waals surface area contributed by atoms with E-state index < -0.39 is 23.0 Å². The summed E-state index contributed by atoms with van der Waals surface area (Å²) in [5.74, 6) is -3.25. The van der Waals surface area contributed by atoms with Gasteiger partial charge < -0.3 is 20.4 Å². The summed E-state index contributed by atoms with van der Waals surface area (Å²) in [5, 5.41) is 40.1. The van der Waals surface area contributed by atoms with Gasteiger partial charge in [-0.05, 0) is 29.4 Å². The number of ketones is 1. The number of benzene rings is 2. The fourth-order valence-electron chi connectivity index (χ4n) is 1.68. The Balaban J connectivity index is 2.58. The molecular weight excluding hydrogens is 266 g/mol. The van der Waals surface area contributed by atoms with Crippen LogP contribution in [0.1, 0.15) is 15.9 Å². The second-order valence-corrected chi connectivity index (χ2v) is 3.95. The second-order valence-electron chi connectivity index (χ2n) is 3.95. The van der Waals surface area contributed by atoms with E-state index in [1.165, 1.54) is 6.07 Å². The molecular formula is C13H9NO6. The SMILES string of the molecule is O=Nc1cc(O)ccc1C(=O)c1ccc(O)c(O)c1O. The summed E-state index contributed by atoms with van der Waals surface area (Å²) in [6, 6.07) is 5.46. The predicted molar refractivity (Wildman–Crippen MR) is 68.4 cm³/mol. The molecule has 102 valence electrons. The van der Waals surface area contributed by atoms with Crippen LogP contribution >= 0.6 is 0 Å². The van der Waals surface area contributed by atoms with Crippen molar-refractivity contribution in [2.45, 2.75) is 0 Å². The van der Waals surface area contributed by atoms with Crippen molar-refractivity contribution in [2.75, 3.05) is 0 Å². The molecule has 0 aliphatic rings. The van der Waals surface area contributed by atoms with Crippen molar-refractivity contribution in [1.29, 1.82) is 0 Å². The summed E-state index contributed by atoms with van der Waals surface area (Å²) in [6.07, 6.45) is 0. The number of nitrogens with zero attached hydrogens (tertiary/aromatic N) is 1. The molecule has 2 aromatic rings. The van der Waals surface area contributed by atoms with Gasteiger partial charge in [0.2, 0.25) is 5.75 Å². The highest BCUT2D eigenvalue weighted by Crippen LogP contribution is 2.39. The van der Waals surface area contributed by atoms with Crippen LogP contribution in [-0.4, -0.2) is 26.2 Å². The zero-order valence-corrected chi connectivity index (χ0v) is 9.94. The van der Waals surface area contributed by atoms with E-state index in [2.05, 4.69) is 5.18 Å². The molecule has 0 aromatic heterocycles. The van der Waals surface area contributed by atoms with E-state index >= 15 is 0 Å².